The van der Waals surface area contributed by atoms with Crippen LogP contribution in [0.1, 0.15) is 50.9 Å². The van der Waals surface area contributed by atoms with Gasteiger partial charge in [0.2, 0.25) is 0 Å². The van der Waals surface area contributed by atoms with Crippen molar-refractivity contribution in [2.24, 2.45) is 11.7 Å². The van der Waals surface area contributed by atoms with Gasteiger partial charge in [-0.2, -0.15) is 0 Å². The van der Waals surface area contributed by atoms with Crippen molar-refractivity contribution in [1.29, 1.82) is 0 Å². The van der Waals surface area contributed by atoms with E-state index in [2.05, 4.69) is 26.1 Å². The van der Waals surface area contributed by atoms with E-state index in [1.165, 1.54) is 0 Å². The summed E-state index contributed by atoms with van der Waals surface area (Å²) in [5.74, 6) is 0.963. The Morgan fingerprint density at radius 2 is 1.95 bits per heavy atom. The summed E-state index contributed by atoms with van der Waals surface area (Å²) in [6.07, 6.45) is 2.14. The van der Waals surface area contributed by atoms with Crippen molar-refractivity contribution in [2.45, 2.75) is 46.1 Å². The Morgan fingerprint density at radius 3 is 2.43 bits per heavy atom. The van der Waals surface area contributed by atoms with Crippen molar-refractivity contribution >= 4 is 5.91 Å². The van der Waals surface area contributed by atoms with E-state index in [1.54, 1.807) is 12.1 Å². The highest BCUT2D eigenvalue weighted by Gasteiger charge is 2.28. The summed E-state index contributed by atoms with van der Waals surface area (Å²) in [7, 11) is 0. The molecule has 4 heteroatoms. The van der Waals surface area contributed by atoms with Crippen LogP contribution in [-0.2, 0) is 0 Å². The van der Waals surface area contributed by atoms with Gasteiger partial charge in [0.1, 0.15) is 5.75 Å². The van der Waals surface area contributed by atoms with Crippen LogP contribution in [0.15, 0.2) is 24.3 Å². The molecule has 0 radical (unpaired) electrons. The standard InChI is InChI=1S/C17H28N2O2/c1-5-6-11-21-15-9-7-14(8-10-15)16(20)19-17(4,12-18)13(2)3/h7-10,13H,5-6,11-12,18H2,1-4H3,(H,19,20). The van der Waals surface area contributed by atoms with Gasteiger partial charge in [-0.1, -0.05) is 27.2 Å². The quantitative estimate of drug-likeness (QED) is 0.724. The second kappa shape index (κ2) is 8.03. The number of unbranched alkanes of at least 4 members (excludes halogenated alkanes) is 1. The molecule has 21 heavy (non-hydrogen) atoms. The number of carbonyl (C=O) groups is 1. The number of carbonyl (C=O) groups excluding carboxylic acids is 1. The summed E-state index contributed by atoms with van der Waals surface area (Å²) in [5, 5.41) is 3.03. The Balaban J connectivity index is 2.67. The summed E-state index contributed by atoms with van der Waals surface area (Å²) < 4.78 is 5.59. The normalized spacial score (nSPS) is 13.8. The lowest BCUT2D eigenvalue weighted by Gasteiger charge is -2.33. The van der Waals surface area contributed by atoms with Crippen molar-refractivity contribution in [3.63, 3.8) is 0 Å². The molecule has 0 heterocycles. The van der Waals surface area contributed by atoms with Gasteiger partial charge < -0.3 is 15.8 Å². The first-order chi connectivity index (χ1) is 9.92. The molecule has 4 nitrogen and oxygen atoms in total. The average molecular weight is 292 g/mol. The van der Waals surface area contributed by atoms with E-state index < -0.39 is 5.54 Å². The lowest BCUT2D eigenvalue weighted by atomic mass is 9.88. The fourth-order valence-corrected chi connectivity index (χ4v) is 1.80. The summed E-state index contributed by atoms with van der Waals surface area (Å²) in [5.41, 5.74) is 6.02. The van der Waals surface area contributed by atoms with E-state index in [-0.39, 0.29) is 11.8 Å². The van der Waals surface area contributed by atoms with Crippen LogP contribution in [0, 0.1) is 5.92 Å². The molecule has 0 bridgehead atoms. The Kier molecular flexibility index (Phi) is 6.69. The zero-order valence-electron chi connectivity index (χ0n) is 13.6. The number of hydrogen-bond acceptors (Lipinski definition) is 3. The Labute approximate surface area is 128 Å². The lowest BCUT2D eigenvalue weighted by molar-refractivity contribution is 0.0883. The van der Waals surface area contributed by atoms with Crippen LogP contribution >= 0.6 is 0 Å². The molecule has 3 N–H and O–H groups in total. The highest BCUT2D eigenvalue weighted by atomic mass is 16.5. The first-order valence-electron chi connectivity index (χ1n) is 7.68. The number of hydrogen-bond donors (Lipinski definition) is 2. The largest absolute Gasteiger partial charge is 0.494 e. The SMILES string of the molecule is CCCCOc1ccc(C(=O)NC(C)(CN)C(C)C)cc1. The van der Waals surface area contributed by atoms with Gasteiger partial charge >= 0.3 is 0 Å². The number of nitrogens with one attached hydrogen (secondary N) is 1. The Bertz CT molecular complexity index is 443. The van der Waals surface area contributed by atoms with E-state index in [0.29, 0.717) is 18.7 Å². The first kappa shape index (κ1) is 17.5. The minimum Gasteiger partial charge on any atom is -0.494 e. The third kappa shape index (κ3) is 5.05. The predicted molar refractivity (Wildman–Crippen MR) is 86.6 cm³/mol. The second-order valence-electron chi connectivity index (χ2n) is 5.96. The van der Waals surface area contributed by atoms with Gasteiger partial charge in [-0.3, -0.25) is 4.79 Å². The van der Waals surface area contributed by atoms with E-state index in [0.717, 1.165) is 18.6 Å². The molecule has 0 aliphatic carbocycles. The van der Waals surface area contributed by atoms with Crippen molar-refractivity contribution < 1.29 is 9.53 Å². The van der Waals surface area contributed by atoms with E-state index in [9.17, 15) is 4.79 Å². The molecular weight excluding hydrogens is 264 g/mol. The minimum absolute atomic E-state index is 0.100. The fraction of sp³-hybridized carbons (Fsp3) is 0.588. The predicted octanol–water partition coefficient (Wildman–Crippen LogP) is 2.97. The maximum atomic E-state index is 12.3. The van der Waals surface area contributed by atoms with Gasteiger partial charge in [-0.15, -0.1) is 0 Å². The van der Waals surface area contributed by atoms with Crippen LogP contribution in [0.2, 0.25) is 0 Å². The highest BCUT2D eigenvalue weighted by molar-refractivity contribution is 5.94. The summed E-state index contributed by atoms with van der Waals surface area (Å²) in [6, 6.07) is 7.24. The fourth-order valence-electron chi connectivity index (χ4n) is 1.80. The molecule has 0 fully saturated rings. The smallest absolute Gasteiger partial charge is 0.251 e. The number of nitrogens with two attached hydrogens (primary N) is 1. The van der Waals surface area contributed by atoms with Gasteiger partial charge in [0.15, 0.2) is 0 Å². The van der Waals surface area contributed by atoms with Crippen LogP contribution in [-0.4, -0.2) is 24.6 Å². The molecule has 1 rings (SSSR count). The monoisotopic (exact) mass is 292 g/mol. The number of ether oxygens (including phenoxy) is 1. The Morgan fingerprint density at radius 1 is 1.33 bits per heavy atom. The number of benzene rings is 1. The van der Waals surface area contributed by atoms with Crippen LogP contribution < -0.4 is 15.8 Å². The van der Waals surface area contributed by atoms with Crippen molar-refractivity contribution in [3.8, 4) is 5.75 Å². The van der Waals surface area contributed by atoms with Gasteiger partial charge in [0, 0.05) is 12.1 Å². The van der Waals surface area contributed by atoms with Crippen molar-refractivity contribution in [3.05, 3.63) is 29.8 Å². The molecule has 1 atom stereocenters. The molecule has 1 aromatic rings. The maximum Gasteiger partial charge on any atom is 0.251 e. The lowest BCUT2D eigenvalue weighted by Crippen LogP contribution is -2.55. The molecule has 1 unspecified atom stereocenters. The van der Waals surface area contributed by atoms with Crippen LogP contribution in [0.25, 0.3) is 0 Å². The average Bonchev–Trinajstić information content (AvgIpc) is 2.47. The Hall–Kier alpha value is -1.55. The number of rotatable bonds is 8. The third-order valence-electron chi connectivity index (χ3n) is 3.98. The second-order valence-corrected chi connectivity index (χ2v) is 5.96. The minimum atomic E-state index is -0.395. The van der Waals surface area contributed by atoms with Crippen LogP contribution in [0.5, 0.6) is 5.75 Å². The van der Waals surface area contributed by atoms with Crippen molar-refractivity contribution in [2.75, 3.05) is 13.2 Å². The van der Waals surface area contributed by atoms with Gasteiger partial charge in [0.05, 0.1) is 12.1 Å². The van der Waals surface area contributed by atoms with Crippen LogP contribution in [0.4, 0.5) is 0 Å². The molecule has 1 amide bonds. The van der Waals surface area contributed by atoms with E-state index >= 15 is 0 Å². The zero-order chi connectivity index (χ0) is 15.9. The molecule has 0 spiro atoms. The third-order valence-corrected chi connectivity index (χ3v) is 3.98. The van der Waals surface area contributed by atoms with Gasteiger partial charge in [-0.25, -0.2) is 0 Å². The highest BCUT2D eigenvalue weighted by Crippen LogP contribution is 2.17. The molecule has 0 saturated carbocycles. The van der Waals surface area contributed by atoms with Crippen molar-refractivity contribution in [1.82, 2.24) is 5.32 Å². The van der Waals surface area contributed by atoms with Gasteiger partial charge in [-0.05, 0) is 43.5 Å². The molecule has 0 aliphatic heterocycles. The first-order valence-corrected chi connectivity index (χ1v) is 7.68. The summed E-state index contributed by atoms with van der Waals surface area (Å²) in [6.45, 7) is 9.32. The molecule has 1 aromatic carbocycles. The van der Waals surface area contributed by atoms with E-state index in [4.69, 9.17) is 10.5 Å². The molecule has 0 aromatic heterocycles. The maximum absolute atomic E-state index is 12.3. The van der Waals surface area contributed by atoms with Crippen LogP contribution in [0.3, 0.4) is 0 Å². The molecule has 0 saturated heterocycles. The van der Waals surface area contributed by atoms with Gasteiger partial charge in [0.25, 0.3) is 5.91 Å². The summed E-state index contributed by atoms with van der Waals surface area (Å²) in [4.78, 5) is 12.3. The summed E-state index contributed by atoms with van der Waals surface area (Å²) >= 11 is 0. The van der Waals surface area contributed by atoms with E-state index in [1.807, 2.05) is 19.1 Å². The molecule has 0 aliphatic rings. The molecule has 118 valence electrons. The number of amides is 1. The molecular formula is C17H28N2O2. The zero-order valence-corrected chi connectivity index (χ0v) is 13.6. The topological polar surface area (TPSA) is 64.3 Å².